The van der Waals surface area contributed by atoms with E-state index >= 15 is 0 Å². The highest BCUT2D eigenvalue weighted by Gasteiger charge is 2.55. The minimum absolute atomic E-state index is 0.000762. The number of aliphatic hydroxyl groups is 2. The van der Waals surface area contributed by atoms with Crippen LogP contribution in [0, 0.1) is 23.7 Å². The van der Waals surface area contributed by atoms with Gasteiger partial charge in [0.2, 0.25) is 11.8 Å². The molecule has 13 heteroatoms. The first-order valence-electron chi connectivity index (χ1n) is 16.8. The lowest BCUT2D eigenvalue weighted by Crippen LogP contribution is -2.67. The zero-order chi connectivity index (χ0) is 34.1. The number of rotatable bonds is 13. The second-order valence-corrected chi connectivity index (χ2v) is 15.0. The average Bonchev–Trinajstić information content (AvgIpc) is 3.28. The Balaban J connectivity index is 1.41. The van der Waals surface area contributed by atoms with Crippen molar-refractivity contribution in [3.05, 3.63) is 0 Å². The summed E-state index contributed by atoms with van der Waals surface area (Å²) >= 11 is 0. The summed E-state index contributed by atoms with van der Waals surface area (Å²) in [4.78, 5) is 39.9. The molecule has 2 saturated heterocycles. The Hall–Kier alpha value is -1.80. The van der Waals surface area contributed by atoms with E-state index < -0.39 is 53.7 Å². The van der Waals surface area contributed by atoms with Crippen LogP contribution in [0.5, 0.6) is 0 Å². The summed E-state index contributed by atoms with van der Waals surface area (Å²) < 4.78 is 56.2. The van der Waals surface area contributed by atoms with Gasteiger partial charge in [-0.05, 0) is 70.6 Å². The minimum atomic E-state index is -5.16. The largest absolute Gasteiger partial charge is 0.471 e. The van der Waals surface area contributed by atoms with E-state index in [4.69, 9.17) is 14.2 Å². The minimum Gasteiger partial charge on any atom is -0.388 e. The molecule has 2 unspecified atom stereocenters. The van der Waals surface area contributed by atoms with Gasteiger partial charge in [-0.15, -0.1) is 0 Å². The third-order valence-corrected chi connectivity index (χ3v) is 11.3. The fourth-order valence-corrected chi connectivity index (χ4v) is 8.00. The Morgan fingerprint density at radius 2 is 1.65 bits per heavy atom. The fourth-order valence-electron chi connectivity index (χ4n) is 8.00. The van der Waals surface area contributed by atoms with E-state index in [0.29, 0.717) is 6.42 Å². The van der Waals surface area contributed by atoms with E-state index in [9.17, 15) is 37.8 Å². The van der Waals surface area contributed by atoms with Gasteiger partial charge in [-0.3, -0.25) is 19.3 Å². The topological polar surface area (TPSA) is 135 Å². The molecule has 6 atom stereocenters. The molecule has 2 saturated carbocycles. The van der Waals surface area contributed by atoms with Gasteiger partial charge in [-0.2, -0.15) is 13.2 Å². The Kier molecular flexibility index (Phi) is 11.6. The van der Waals surface area contributed by atoms with E-state index in [-0.39, 0.29) is 56.1 Å². The predicted octanol–water partition coefficient (Wildman–Crippen LogP) is 3.90. The van der Waals surface area contributed by atoms with Crippen molar-refractivity contribution in [2.24, 2.45) is 23.7 Å². The van der Waals surface area contributed by atoms with E-state index in [1.54, 1.807) is 26.1 Å². The summed E-state index contributed by atoms with van der Waals surface area (Å²) in [6.07, 6.45) is 0.253. The SMILES string of the molecule is CCC(C)(C[C@@]1(CCOC)OC[C@@H](NC(=O)C(F)(F)F)[C@@H](O)[C@H]1O)OCC(C)(C)N1C(=O)CC(C2CCC(C3CCC3)CC2)C1=O. The third-order valence-electron chi connectivity index (χ3n) is 11.3. The number of hydrogen-bond donors (Lipinski definition) is 3. The molecule has 264 valence electrons. The summed E-state index contributed by atoms with van der Waals surface area (Å²) in [5.41, 5.74) is -3.45. The number of nitrogens with zero attached hydrogens (tertiary/aromatic N) is 1. The highest BCUT2D eigenvalue weighted by Crippen LogP contribution is 2.46. The maximum atomic E-state index is 13.7. The fraction of sp³-hybridized carbons (Fsp3) is 0.909. The van der Waals surface area contributed by atoms with Crippen molar-refractivity contribution in [1.82, 2.24) is 10.2 Å². The van der Waals surface area contributed by atoms with Gasteiger partial charge in [0.25, 0.3) is 0 Å². The molecule has 2 aliphatic heterocycles. The molecular weight excluding hydrogens is 609 g/mol. The van der Waals surface area contributed by atoms with E-state index in [1.807, 2.05) is 6.92 Å². The predicted molar refractivity (Wildman–Crippen MR) is 161 cm³/mol. The molecule has 2 aliphatic carbocycles. The van der Waals surface area contributed by atoms with Crippen molar-refractivity contribution in [1.29, 1.82) is 0 Å². The van der Waals surface area contributed by atoms with E-state index in [1.165, 1.54) is 31.3 Å². The molecule has 46 heavy (non-hydrogen) atoms. The van der Waals surface area contributed by atoms with Crippen LogP contribution in [0.3, 0.4) is 0 Å². The standard InChI is InChI=1S/C33H53F3N2O8/c1-6-31(4,18-32(14-15-44-5)27(41)26(40)24(17-45-32)37-29(43)33(34,35)36)46-19-30(2,3)38-25(39)16-23(28(38)42)22-12-10-21(11-13-22)20-8-7-9-20/h20-24,26-27,40-41H,6-19H2,1-5H3,(H,37,43)/t21?,22?,23?,24-,26-,27-,31?,32-/m1/s1. The first kappa shape index (κ1) is 37.0. The summed E-state index contributed by atoms with van der Waals surface area (Å²) in [5.74, 6) is -1.14. The normalized spacial score (nSPS) is 34.3. The zero-order valence-corrected chi connectivity index (χ0v) is 27.9. The number of amides is 3. The molecule has 0 aromatic rings. The van der Waals surface area contributed by atoms with E-state index in [2.05, 4.69) is 0 Å². The average molecular weight is 663 g/mol. The van der Waals surface area contributed by atoms with Gasteiger partial charge in [0.05, 0.1) is 36.3 Å². The van der Waals surface area contributed by atoms with Crippen LogP contribution in [0.15, 0.2) is 0 Å². The number of carbonyl (C=O) groups excluding carboxylic acids is 3. The summed E-state index contributed by atoms with van der Waals surface area (Å²) in [6, 6.07) is -1.49. The summed E-state index contributed by atoms with van der Waals surface area (Å²) in [5, 5.41) is 23.8. The molecule has 0 aromatic heterocycles. The van der Waals surface area contributed by atoms with Crippen LogP contribution >= 0.6 is 0 Å². The number of likely N-dealkylation sites (tertiary alicyclic amines) is 1. The maximum Gasteiger partial charge on any atom is 0.471 e. The van der Waals surface area contributed by atoms with Crippen molar-refractivity contribution in [2.75, 3.05) is 26.9 Å². The van der Waals surface area contributed by atoms with Crippen molar-refractivity contribution < 1.29 is 52.0 Å². The number of hydrogen-bond acceptors (Lipinski definition) is 8. The molecule has 2 heterocycles. The number of nitrogens with one attached hydrogen (secondary N) is 1. The highest BCUT2D eigenvalue weighted by molar-refractivity contribution is 6.04. The molecule has 4 rings (SSSR count). The molecule has 10 nitrogen and oxygen atoms in total. The number of alkyl halides is 3. The molecule has 0 radical (unpaired) electrons. The third kappa shape index (κ3) is 7.90. The van der Waals surface area contributed by atoms with E-state index in [0.717, 1.165) is 37.5 Å². The lowest BCUT2D eigenvalue weighted by molar-refractivity contribution is -0.240. The van der Waals surface area contributed by atoms with Gasteiger partial charge in [0.15, 0.2) is 0 Å². The Labute approximate surface area is 270 Å². The lowest BCUT2D eigenvalue weighted by Gasteiger charge is -2.50. The molecule has 0 aromatic carbocycles. The summed E-state index contributed by atoms with van der Waals surface area (Å²) in [7, 11) is 1.45. The van der Waals surface area contributed by atoms with Crippen LogP contribution in [0.1, 0.15) is 98.3 Å². The smallest absolute Gasteiger partial charge is 0.388 e. The van der Waals surface area contributed by atoms with Crippen molar-refractivity contribution in [3.63, 3.8) is 0 Å². The Bertz CT molecular complexity index is 1090. The van der Waals surface area contributed by atoms with Crippen LogP contribution in [0.4, 0.5) is 13.2 Å². The number of aliphatic hydroxyl groups excluding tert-OH is 2. The zero-order valence-electron chi connectivity index (χ0n) is 27.9. The number of carbonyl (C=O) groups is 3. The van der Waals surface area contributed by atoms with Crippen LogP contribution < -0.4 is 5.32 Å². The highest BCUT2D eigenvalue weighted by atomic mass is 19.4. The van der Waals surface area contributed by atoms with Gasteiger partial charge in [-0.25, -0.2) is 0 Å². The molecule has 0 spiro atoms. The second kappa shape index (κ2) is 14.4. The monoisotopic (exact) mass is 662 g/mol. The summed E-state index contributed by atoms with van der Waals surface area (Å²) in [6.45, 7) is 6.86. The molecule has 0 bridgehead atoms. The quantitative estimate of drug-likeness (QED) is 0.253. The molecular formula is C33H53F3N2O8. The van der Waals surface area contributed by atoms with Gasteiger partial charge >= 0.3 is 12.1 Å². The van der Waals surface area contributed by atoms with Gasteiger partial charge in [0.1, 0.15) is 17.8 Å². The number of ether oxygens (including phenoxy) is 3. The van der Waals surface area contributed by atoms with Crippen LogP contribution in [0.2, 0.25) is 0 Å². The van der Waals surface area contributed by atoms with Gasteiger partial charge < -0.3 is 29.7 Å². The van der Waals surface area contributed by atoms with Crippen molar-refractivity contribution >= 4 is 17.7 Å². The van der Waals surface area contributed by atoms with Crippen LogP contribution in [-0.4, -0.2) is 101 Å². The number of halogens is 3. The first-order valence-corrected chi connectivity index (χ1v) is 16.8. The van der Waals surface area contributed by atoms with Crippen LogP contribution in [-0.2, 0) is 28.6 Å². The maximum absolute atomic E-state index is 13.7. The molecule has 3 amide bonds. The number of imide groups is 1. The molecule has 4 fully saturated rings. The Morgan fingerprint density at radius 1 is 1.04 bits per heavy atom. The molecule has 3 N–H and O–H groups in total. The lowest BCUT2D eigenvalue weighted by atomic mass is 9.66. The number of methoxy groups -OCH3 is 1. The van der Waals surface area contributed by atoms with Crippen molar-refractivity contribution in [3.8, 4) is 0 Å². The first-order chi connectivity index (χ1) is 21.5. The molecule has 4 aliphatic rings. The van der Waals surface area contributed by atoms with Gasteiger partial charge in [-0.1, -0.05) is 26.2 Å². The second-order valence-electron chi connectivity index (χ2n) is 15.0. The van der Waals surface area contributed by atoms with Gasteiger partial charge in [0, 0.05) is 33.0 Å². The Morgan fingerprint density at radius 3 is 2.20 bits per heavy atom. The van der Waals surface area contributed by atoms with Crippen molar-refractivity contribution in [2.45, 2.75) is 139 Å². The van der Waals surface area contributed by atoms with Crippen LogP contribution in [0.25, 0.3) is 0 Å².